The quantitative estimate of drug-likeness (QED) is 0.778. The number of anilines is 1. The van der Waals surface area contributed by atoms with Gasteiger partial charge in [0.2, 0.25) is 5.91 Å². The lowest BCUT2D eigenvalue weighted by molar-refractivity contribution is -0.119. The number of para-hydroxylation sites is 2. The summed E-state index contributed by atoms with van der Waals surface area (Å²) >= 11 is 0. The van der Waals surface area contributed by atoms with Crippen LogP contribution >= 0.6 is 0 Å². The molecule has 0 saturated heterocycles. The molecule has 0 fully saturated rings. The Balaban J connectivity index is 1.85. The first-order chi connectivity index (χ1) is 11.6. The van der Waals surface area contributed by atoms with E-state index in [9.17, 15) is 13.6 Å². The zero-order valence-electron chi connectivity index (χ0n) is 13.1. The van der Waals surface area contributed by atoms with Gasteiger partial charge in [-0.1, -0.05) is 24.3 Å². The Kier molecular flexibility index (Phi) is 6.36. The molecule has 1 amide bonds. The molecule has 0 aliphatic rings. The summed E-state index contributed by atoms with van der Waals surface area (Å²) in [4.78, 5) is 11.9. The van der Waals surface area contributed by atoms with Crippen LogP contribution in [0.2, 0.25) is 0 Å². The summed E-state index contributed by atoms with van der Waals surface area (Å²) < 4.78 is 34.2. The first-order valence-electron chi connectivity index (χ1n) is 7.26. The van der Waals surface area contributed by atoms with Crippen LogP contribution in [0.3, 0.4) is 0 Å². The molecular weight excluding hydrogens is 318 g/mol. The fraction of sp³-hybridized carbons (Fsp3) is 0.235. The van der Waals surface area contributed by atoms with Gasteiger partial charge < -0.3 is 20.1 Å². The van der Waals surface area contributed by atoms with Gasteiger partial charge in [0.15, 0.2) is 0 Å². The van der Waals surface area contributed by atoms with Gasteiger partial charge in [-0.05, 0) is 29.8 Å². The van der Waals surface area contributed by atoms with Crippen molar-refractivity contribution >= 4 is 11.6 Å². The van der Waals surface area contributed by atoms with E-state index in [1.54, 1.807) is 25.3 Å². The molecule has 0 bridgehead atoms. The van der Waals surface area contributed by atoms with E-state index in [1.165, 1.54) is 6.07 Å². The number of benzene rings is 2. The standard InChI is InChI=1S/C17H18F2N2O3/c1-23-13-6-4-5-12(9-13)10-21-16(22)11-20-14-7-2-3-8-15(14)24-17(18)19/h2-9,17,20H,10-11H2,1H3,(H,21,22). The Morgan fingerprint density at radius 3 is 2.71 bits per heavy atom. The maximum atomic E-state index is 12.3. The second-order valence-electron chi connectivity index (χ2n) is 4.86. The van der Waals surface area contributed by atoms with Crippen molar-refractivity contribution < 1.29 is 23.0 Å². The van der Waals surface area contributed by atoms with Crippen molar-refractivity contribution in [2.75, 3.05) is 19.0 Å². The molecule has 0 saturated carbocycles. The molecule has 0 aromatic heterocycles. The van der Waals surface area contributed by atoms with Crippen LogP contribution in [-0.2, 0) is 11.3 Å². The van der Waals surface area contributed by atoms with Gasteiger partial charge in [0.05, 0.1) is 19.3 Å². The van der Waals surface area contributed by atoms with Crippen LogP contribution in [0.4, 0.5) is 14.5 Å². The number of carbonyl (C=O) groups is 1. The van der Waals surface area contributed by atoms with Gasteiger partial charge >= 0.3 is 6.61 Å². The molecule has 5 nitrogen and oxygen atoms in total. The number of ether oxygens (including phenoxy) is 2. The largest absolute Gasteiger partial charge is 0.497 e. The zero-order chi connectivity index (χ0) is 17.4. The highest BCUT2D eigenvalue weighted by molar-refractivity contribution is 5.81. The first-order valence-corrected chi connectivity index (χ1v) is 7.26. The number of carbonyl (C=O) groups excluding carboxylic acids is 1. The predicted octanol–water partition coefficient (Wildman–Crippen LogP) is 3.02. The Bertz CT molecular complexity index is 680. The van der Waals surface area contributed by atoms with Gasteiger partial charge in [0.1, 0.15) is 11.5 Å². The van der Waals surface area contributed by atoms with Gasteiger partial charge in [0, 0.05) is 6.54 Å². The minimum absolute atomic E-state index is 0.00639. The van der Waals surface area contributed by atoms with Gasteiger partial charge in [-0.25, -0.2) is 0 Å². The fourth-order valence-corrected chi connectivity index (χ4v) is 2.03. The zero-order valence-corrected chi connectivity index (χ0v) is 13.1. The molecule has 2 aromatic rings. The third kappa shape index (κ3) is 5.42. The Hall–Kier alpha value is -2.83. The lowest BCUT2D eigenvalue weighted by Crippen LogP contribution is -2.29. The maximum absolute atomic E-state index is 12.3. The van der Waals surface area contributed by atoms with Crippen molar-refractivity contribution in [3.63, 3.8) is 0 Å². The molecule has 0 radical (unpaired) electrons. The number of nitrogens with one attached hydrogen (secondary N) is 2. The van der Waals surface area contributed by atoms with E-state index in [2.05, 4.69) is 15.4 Å². The SMILES string of the molecule is COc1cccc(CNC(=O)CNc2ccccc2OC(F)F)c1. The second-order valence-corrected chi connectivity index (χ2v) is 4.86. The highest BCUT2D eigenvalue weighted by Gasteiger charge is 2.10. The minimum atomic E-state index is -2.92. The molecule has 7 heteroatoms. The minimum Gasteiger partial charge on any atom is -0.497 e. The second kappa shape index (κ2) is 8.71. The molecule has 0 unspecified atom stereocenters. The Labute approximate surface area is 138 Å². The maximum Gasteiger partial charge on any atom is 0.387 e. The summed E-state index contributed by atoms with van der Waals surface area (Å²) in [6.45, 7) is -2.64. The molecule has 0 heterocycles. The van der Waals surface area contributed by atoms with E-state index in [0.717, 1.165) is 5.56 Å². The monoisotopic (exact) mass is 336 g/mol. The molecule has 2 aromatic carbocycles. The van der Waals surface area contributed by atoms with Crippen molar-refractivity contribution in [1.29, 1.82) is 0 Å². The fourth-order valence-electron chi connectivity index (χ4n) is 2.03. The van der Waals surface area contributed by atoms with Gasteiger partial charge in [0.25, 0.3) is 0 Å². The summed E-state index contributed by atoms with van der Waals surface area (Å²) in [6, 6.07) is 13.5. The summed E-state index contributed by atoms with van der Waals surface area (Å²) in [7, 11) is 1.57. The van der Waals surface area contributed by atoms with Crippen LogP contribution in [0, 0.1) is 0 Å². The highest BCUT2D eigenvalue weighted by atomic mass is 19.3. The van der Waals surface area contributed by atoms with E-state index < -0.39 is 6.61 Å². The molecule has 2 N–H and O–H groups in total. The van der Waals surface area contributed by atoms with Gasteiger partial charge in [-0.15, -0.1) is 0 Å². The van der Waals surface area contributed by atoms with E-state index in [1.807, 2.05) is 24.3 Å². The average Bonchev–Trinajstić information content (AvgIpc) is 2.59. The lowest BCUT2D eigenvalue weighted by Gasteiger charge is -2.12. The van der Waals surface area contributed by atoms with E-state index in [4.69, 9.17) is 4.74 Å². The smallest absolute Gasteiger partial charge is 0.387 e. The number of hydrogen-bond acceptors (Lipinski definition) is 4. The number of amides is 1. The summed E-state index contributed by atoms with van der Waals surface area (Å²) in [5.74, 6) is 0.427. The molecule has 0 spiro atoms. The van der Waals surface area contributed by atoms with Crippen molar-refractivity contribution in [2.24, 2.45) is 0 Å². The molecule has 2 rings (SSSR count). The number of halogens is 2. The summed E-state index contributed by atoms with van der Waals surface area (Å²) in [6.07, 6.45) is 0. The summed E-state index contributed by atoms with van der Waals surface area (Å²) in [5.41, 5.74) is 1.22. The van der Waals surface area contributed by atoms with Crippen molar-refractivity contribution in [3.8, 4) is 11.5 Å². The van der Waals surface area contributed by atoms with Crippen LogP contribution < -0.4 is 20.1 Å². The van der Waals surface area contributed by atoms with Crippen LogP contribution in [0.1, 0.15) is 5.56 Å². The molecule has 0 atom stereocenters. The molecule has 0 aliphatic heterocycles. The molecular formula is C17H18F2N2O3. The summed E-state index contributed by atoms with van der Waals surface area (Å²) in [5, 5.41) is 5.52. The van der Waals surface area contributed by atoms with Crippen molar-refractivity contribution in [1.82, 2.24) is 5.32 Å². The average molecular weight is 336 g/mol. The number of methoxy groups -OCH3 is 1. The Morgan fingerprint density at radius 1 is 1.17 bits per heavy atom. The van der Waals surface area contributed by atoms with Crippen molar-refractivity contribution in [3.05, 3.63) is 54.1 Å². The Morgan fingerprint density at radius 2 is 1.96 bits per heavy atom. The van der Waals surface area contributed by atoms with Crippen molar-refractivity contribution in [2.45, 2.75) is 13.2 Å². The van der Waals surface area contributed by atoms with Gasteiger partial charge in [-0.2, -0.15) is 8.78 Å². The first kappa shape index (κ1) is 17.5. The number of hydrogen-bond donors (Lipinski definition) is 2. The molecule has 24 heavy (non-hydrogen) atoms. The predicted molar refractivity (Wildman–Crippen MR) is 86.4 cm³/mol. The van der Waals surface area contributed by atoms with Crippen LogP contribution in [0.5, 0.6) is 11.5 Å². The number of alkyl halides is 2. The van der Waals surface area contributed by atoms with Gasteiger partial charge in [-0.3, -0.25) is 4.79 Å². The third-order valence-corrected chi connectivity index (χ3v) is 3.17. The molecule has 0 aliphatic carbocycles. The topological polar surface area (TPSA) is 59.6 Å². The lowest BCUT2D eigenvalue weighted by atomic mass is 10.2. The normalized spacial score (nSPS) is 10.3. The van der Waals surface area contributed by atoms with Crippen LogP contribution in [0.25, 0.3) is 0 Å². The van der Waals surface area contributed by atoms with Crippen LogP contribution in [-0.4, -0.2) is 26.2 Å². The van der Waals surface area contributed by atoms with E-state index in [-0.39, 0.29) is 18.2 Å². The number of rotatable bonds is 8. The molecule has 128 valence electrons. The third-order valence-electron chi connectivity index (χ3n) is 3.17. The van der Waals surface area contributed by atoms with E-state index >= 15 is 0 Å². The highest BCUT2D eigenvalue weighted by Crippen LogP contribution is 2.25. The van der Waals surface area contributed by atoms with Crippen LogP contribution in [0.15, 0.2) is 48.5 Å². The van der Waals surface area contributed by atoms with E-state index in [0.29, 0.717) is 18.0 Å².